The van der Waals surface area contributed by atoms with E-state index in [1.807, 2.05) is 6.07 Å². The number of carbonyl (C=O) groups is 4. The van der Waals surface area contributed by atoms with Gasteiger partial charge in [0.1, 0.15) is 12.4 Å². The summed E-state index contributed by atoms with van der Waals surface area (Å²) in [5.74, 6) is -3.30. The number of Topliss-reactive ketones (excluding diaryl/α,β-unsaturated/α-hetero) is 3. The van der Waals surface area contributed by atoms with Crippen LogP contribution in [0.5, 0.6) is 0 Å². The molecule has 1 N–H and O–H groups in total. The van der Waals surface area contributed by atoms with Gasteiger partial charge in [-0.15, -0.1) is 0 Å². The normalized spacial score (nSPS) is 11.5. The number of likely N-dealkylation sites (N-methyl/N-ethyl adjacent to an activating group) is 1. The molecule has 0 amide bonds. The van der Waals surface area contributed by atoms with Crippen LogP contribution >= 0.6 is 0 Å². The van der Waals surface area contributed by atoms with Crippen LogP contribution in [0.1, 0.15) is 28.4 Å². The molecule has 6 nitrogen and oxygen atoms in total. The van der Waals surface area contributed by atoms with Crippen LogP contribution in [0.4, 0.5) is 0 Å². The molecule has 0 fully saturated rings. The standard InChI is InChI=1S/C21H21NO5/c1-14(23)18(22-2)12-15-8-10-17(11-9-15)19(24)20(25)21(26)27-13-16-6-4-3-5-7-16/h3-11,18,22H,12-13H2,1-2H3/t18-/m0/s1. The molecule has 0 aliphatic heterocycles. The zero-order chi connectivity index (χ0) is 19.8. The number of benzene rings is 2. The van der Waals surface area contributed by atoms with E-state index in [0.717, 1.165) is 11.1 Å². The Morgan fingerprint density at radius 2 is 1.56 bits per heavy atom. The molecule has 6 heteroatoms. The molecule has 0 unspecified atom stereocenters. The van der Waals surface area contributed by atoms with Crippen LogP contribution in [-0.4, -0.2) is 36.4 Å². The summed E-state index contributed by atoms with van der Waals surface area (Å²) in [6.45, 7) is 1.42. The third-order valence-electron chi connectivity index (χ3n) is 4.10. The number of hydrogen-bond donors (Lipinski definition) is 1. The number of esters is 1. The van der Waals surface area contributed by atoms with Gasteiger partial charge in [-0.1, -0.05) is 54.6 Å². The number of ether oxygens (including phenoxy) is 1. The monoisotopic (exact) mass is 367 g/mol. The first-order valence-corrected chi connectivity index (χ1v) is 8.48. The van der Waals surface area contributed by atoms with E-state index < -0.39 is 17.5 Å². The molecule has 2 aromatic carbocycles. The second-order valence-electron chi connectivity index (χ2n) is 6.07. The van der Waals surface area contributed by atoms with Crippen LogP contribution in [0, 0.1) is 0 Å². The molecule has 1 atom stereocenters. The Morgan fingerprint density at radius 1 is 0.926 bits per heavy atom. The Morgan fingerprint density at radius 3 is 2.11 bits per heavy atom. The van der Waals surface area contributed by atoms with E-state index in [0.29, 0.717) is 6.42 Å². The van der Waals surface area contributed by atoms with Crippen LogP contribution in [0.3, 0.4) is 0 Å². The molecule has 0 aliphatic carbocycles. The fraction of sp³-hybridized carbons (Fsp3) is 0.238. The van der Waals surface area contributed by atoms with Crippen molar-refractivity contribution in [3.8, 4) is 0 Å². The maximum atomic E-state index is 12.2. The quantitative estimate of drug-likeness (QED) is 0.315. The summed E-state index contributed by atoms with van der Waals surface area (Å²) in [6.07, 6.45) is 0.466. The van der Waals surface area contributed by atoms with Gasteiger partial charge in [-0.25, -0.2) is 4.79 Å². The average Bonchev–Trinajstić information content (AvgIpc) is 2.70. The van der Waals surface area contributed by atoms with Gasteiger partial charge in [0.25, 0.3) is 0 Å². The highest BCUT2D eigenvalue weighted by atomic mass is 16.5. The lowest BCUT2D eigenvalue weighted by atomic mass is 10.00. The molecule has 0 aliphatic rings. The maximum absolute atomic E-state index is 12.2. The molecule has 0 saturated heterocycles. The number of nitrogens with one attached hydrogen (secondary N) is 1. The molecule has 2 rings (SSSR count). The molecule has 140 valence electrons. The molecule has 0 bridgehead atoms. The Hall–Kier alpha value is -3.12. The van der Waals surface area contributed by atoms with Gasteiger partial charge in [0, 0.05) is 5.56 Å². The third-order valence-corrected chi connectivity index (χ3v) is 4.10. The van der Waals surface area contributed by atoms with E-state index in [4.69, 9.17) is 4.74 Å². The van der Waals surface area contributed by atoms with Crippen molar-refractivity contribution in [1.82, 2.24) is 5.32 Å². The molecule has 0 saturated carbocycles. The molecule has 0 heterocycles. The van der Waals surface area contributed by atoms with E-state index in [-0.39, 0.29) is 24.0 Å². The molecule has 0 radical (unpaired) electrons. The van der Waals surface area contributed by atoms with Crippen molar-refractivity contribution in [2.75, 3.05) is 7.05 Å². The van der Waals surface area contributed by atoms with E-state index in [1.165, 1.54) is 19.1 Å². The molecule has 0 aromatic heterocycles. The maximum Gasteiger partial charge on any atom is 0.383 e. The van der Waals surface area contributed by atoms with Gasteiger partial charge in [-0.2, -0.15) is 0 Å². The van der Waals surface area contributed by atoms with Crippen LogP contribution in [-0.2, 0) is 32.1 Å². The predicted octanol–water partition coefficient (Wildman–Crippen LogP) is 1.90. The lowest BCUT2D eigenvalue weighted by molar-refractivity contribution is -0.152. The largest absolute Gasteiger partial charge is 0.455 e. The van der Waals surface area contributed by atoms with Crippen LogP contribution in [0.15, 0.2) is 54.6 Å². The number of rotatable bonds is 9. The Labute approximate surface area is 157 Å². The first-order chi connectivity index (χ1) is 12.9. The van der Waals surface area contributed by atoms with Crippen molar-refractivity contribution in [2.24, 2.45) is 0 Å². The van der Waals surface area contributed by atoms with Crippen LogP contribution in [0.2, 0.25) is 0 Å². The molecule has 27 heavy (non-hydrogen) atoms. The van der Waals surface area contributed by atoms with Gasteiger partial charge in [0.05, 0.1) is 6.04 Å². The van der Waals surface area contributed by atoms with E-state index >= 15 is 0 Å². The van der Waals surface area contributed by atoms with Crippen molar-refractivity contribution in [2.45, 2.75) is 26.0 Å². The SMILES string of the molecule is CN[C@@H](Cc1ccc(C(=O)C(=O)C(=O)OCc2ccccc2)cc1)C(C)=O. The van der Waals surface area contributed by atoms with Crippen molar-refractivity contribution < 1.29 is 23.9 Å². The lowest BCUT2D eigenvalue weighted by Crippen LogP contribution is -2.34. The fourth-order valence-corrected chi connectivity index (χ4v) is 2.49. The molecular weight excluding hydrogens is 346 g/mol. The Bertz CT molecular complexity index is 827. The van der Waals surface area contributed by atoms with Crippen molar-refractivity contribution >= 4 is 23.3 Å². The number of ketones is 3. The van der Waals surface area contributed by atoms with Crippen LogP contribution < -0.4 is 5.32 Å². The van der Waals surface area contributed by atoms with Gasteiger partial charge in [0.2, 0.25) is 5.78 Å². The predicted molar refractivity (Wildman–Crippen MR) is 99.3 cm³/mol. The van der Waals surface area contributed by atoms with Gasteiger partial charge >= 0.3 is 11.8 Å². The van der Waals surface area contributed by atoms with Gasteiger partial charge in [0.15, 0.2) is 0 Å². The summed E-state index contributed by atoms with van der Waals surface area (Å²) in [4.78, 5) is 47.5. The third kappa shape index (κ3) is 5.69. The summed E-state index contributed by atoms with van der Waals surface area (Å²) in [6, 6.07) is 14.8. The minimum Gasteiger partial charge on any atom is -0.455 e. The summed E-state index contributed by atoms with van der Waals surface area (Å²) in [5, 5.41) is 2.92. The average molecular weight is 367 g/mol. The minimum absolute atomic E-state index is 0.00833. The number of hydrogen-bond acceptors (Lipinski definition) is 6. The van der Waals surface area contributed by atoms with Crippen molar-refractivity contribution in [3.63, 3.8) is 0 Å². The summed E-state index contributed by atoms with van der Waals surface area (Å²) >= 11 is 0. The smallest absolute Gasteiger partial charge is 0.383 e. The number of carbonyl (C=O) groups excluding carboxylic acids is 4. The second-order valence-corrected chi connectivity index (χ2v) is 6.07. The van der Waals surface area contributed by atoms with Crippen molar-refractivity contribution in [1.29, 1.82) is 0 Å². The highest BCUT2D eigenvalue weighted by molar-refractivity contribution is 6.65. The van der Waals surface area contributed by atoms with E-state index in [9.17, 15) is 19.2 Å². The Balaban J connectivity index is 1.96. The van der Waals surface area contributed by atoms with E-state index in [2.05, 4.69) is 5.32 Å². The van der Waals surface area contributed by atoms with E-state index in [1.54, 1.807) is 43.4 Å². The van der Waals surface area contributed by atoms with Gasteiger partial charge in [-0.3, -0.25) is 14.4 Å². The summed E-state index contributed by atoms with van der Waals surface area (Å²) in [7, 11) is 1.70. The summed E-state index contributed by atoms with van der Waals surface area (Å²) in [5.41, 5.74) is 1.66. The lowest BCUT2D eigenvalue weighted by Gasteiger charge is -2.12. The molecular formula is C21H21NO5. The highest BCUT2D eigenvalue weighted by Crippen LogP contribution is 2.10. The topological polar surface area (TPSA) is 89.5 Å². The zero-order valence-corrected chi connectivity index (χ0v) is 15.2. The highest BCUT2D eigenvalue weighted by Gasteiger charge is 2.26. The Kier molecular flexibility index (Phi) is 7.14. The molecule has 0 spiro atoms. The first kappa shape index (κ1) is 20.2. The summed E-state index contributed by atoms with van der Waals surface area (Å²) < 4.78 is 4.89. The fourth-order valence-electron chi connectivity index (χ4n) is 2.49. The van der Waals surface area contributed by atoms with Crippen LogP contribution in [0.25, 0.3) is 0 Å². The second kappa shape index (κ2) is 9.54. The van der Waals surface area contributed by atoms with Gasteiger partial charge in [-0.05, 0) is 31.5 Å². The first-order valence-electron chi connectivity index (χ1n) is 8.48. The minimum atomic E-state index is -1.21. The zero-order valence-electron chi connectivity index (χ0n) is 15.2. The van der Waals surface area contributed by atoms with Crippen molar-refractivity contribution in [3.05, 3.63) is 71.3 Å². The molecule has 2 aromatic rings. The van der Waals surface area contributed by atoms with Gasteiger partial charge < -0.3 is 10.1 Å².